The van der Waals surface area contributed by atoms with Crippen molar-refractivity contribution in [3.63, 3.8) is 0 Å². The van der Waals surface area contributed by atoms with Crippen LogP contribution in [-0.2, 0) is 6.42 Å². The third-order valence-electron chi connectivity index (χ3n) is 3.77. The van der Waals surface area contributed by atoms with Crippen LogP contribution < -0.4 is 4.90 Å². The molecule has 0 aliphatic carbocycles. The van der Waals surface area contributed by atoms with Crippen molar-refractivity contribution in [3.05, 3.63) is 63.4 Å². The Labute approximate surface area is 131 Å². The van der Waals surface area contributed by atoms with Gasteiger partial charge >= 0.3 is 0 Å². The van der Waals surface area contributed by atoms with E-state index in [0.717, 1.165) is 18.5 Å². The van der Waals surface area contributed by atoms with Gasteiger partial charge in [0.15, 0.2) is 0 Å². The summed E-state index contributed by atoms with van der Waals surface area (Å²) in [6, 6.07) is 10.6. The number of fused-ring (bicyclic) bond motifs is 1. The van der Waals surface area contributed by atoms with Gasteiger partial charge in [0.2, 0.25) is 0 Å². The van der Waals surface area contributed by atoms with Gasteiger partial charge in [-0.3, -0.25) is 4.79 Å². The van der Waals surface area contributed by atoms with Crippen molar-refractivity contribution in [2.45, 2.75) is 19.8 Å². The highest BCUT2D eigenvalue weighted by Gasteiger charge is 2.24. The molecule has 0 N–H and O–H groups in total. The summed E-state index contributed by atoms with van der Waals surface area (Å²) in [6.45, 7) is 2.72. The first kappa shape index (κ1) is 14.3. The van der Waals surface area contributed by atoms with Crippen LogP contribution in [0.25, 0.3) is 0 Å². The summed E-state index contributed by atoms with van der Waals surface area (Å²) in [5.74, 6) is -0.562. The normalized spacial score (nSPS) is 14.0. The Morgan fingerprint density at radius 1 is 1.24 bits per heavy atom. The predicted octanol–water partition coefficient (Wildman–Crippen LogP) is 4.49. The van der Waals surface area contributed by atoms with Gasteiger partial charge in [-0.05, 0) is 65.5 Å². The summed E-state index contributed by atoms with van der Waals surface area (Å²) < 4.78 is 14.0. The zero-order chi connectivity index (χ0) is 15.0. The molecule has 108 valence electrons. The lowest BCUT2D eigenvalue weighted by Gasteiger charge is -2.30. The van der Waals surface area contributed by atoms with Crippen molar-refractivity contribution >= 4 is 27.5 Å². The van der Waals surface area contributed by atoms with Crippen LogP contribution in [0.1, 0.15) is 27.9 Å². The minimum atomic E-state index is -0.415. The number of aryl methyl sites for hydroxylation is 2. The Morgan fingerprint density at radius 3 is 2.81 bits per heavy atom. The number of hydrogen-bond acceptors (Lipinski definition) is 1. The smallest absolute Gasteiger partial charge is 0.258 e. The largest absolute Gasteiger partial charge is 0.308 e. The molecule has 0 unspecified atom stereocenters. The second kappa shape index (κ2) is 5.60. The van der Waals surface area contributed by atoms with E-state index < -0.39 is 5.82 Å². The van der Waals surface area contributed by atoms with E-state index in [4.69, 9.17) is 0 Å². The summed E-state index contributed by atoms with van der Waals surface area (Å²) in [7, 11) is 0. The second-order valence-electron chi connectivity index (χ2n) is 5.32. The zero-order valence-electron chi connectivity index (χ0n) is 11.7. The van der Waals surface area contributed by atoms with E-state index in [1.165, 1.54) is 17.2 Å². The molecule has 2 nitrogen and oxygen atoms in total. The molecule has 0 bridgehead atoms. The molecule has 1 amide bonds. The molecule has 0 saturated carbocycles. The van der Waals surface area contributed by atoms with Gasteiger partial charge in [-0.1, -0.05) is 17.7 Å². The number of anilines is 1. The van der Waals surface area contributed by atoms with Crippen molar-refractivity contribution in [2.24, 2.45) is 0 Å². The SMILES string of the molecule is Cc1ccc2c(c1)CCCN2C(=O)c1ccc(Br)c(F)c1. The first-order valence-corrected chi connectivity index (χ1v) is 7.72. The lowest BCUT2D eigenvalue weighted by Crippen LogP contribution is -2.35. The Kier molecular flexibility index (Phi) is 3.81. The third-order valence-corrected chi connectivity index (χ3v) is 4.41. The number of rotatable bonds is 1. The maximum absolute atomic E-state index is 13.6. The molecule has 0 atom stereocenters. The number of nitrogens with zero attached hydrogens (tertiary/aromatic N) is 1. The minimum absolute atomic E-state index is 0.147. The average Bonchev–Trinajstić information content (AvgIpc) is 2.48. The lowest BCUT2D eigenvalue weighted by atomic mass is 9.99. The summed E-state index contributed by atoms with van der Waals surface area (Å²) in [5, 5.41) is 0. The first-order valence-electron chi connectivity index (χ1n) is 6.93. The van der Waals surface area contributed by atoms with Gasteiger partial charge in [-0.25, -0.2) is 4.39 Å². The van der Waals surface area contributed by atoms with Crippen molar-refractivity contribution in [1.82, 2.24) is 0 Å². The molecule has 0 radical (unpaired) electrons. The highest BCUT2D eigenvalue weighted by Crippen LogP contribution is 2.29. The van der Waals surface area contributed by atoms with Crippen molar-refractivity contribution < 1.29 is 9.18 Å². The fourth-order valence-corrected chi connectivity index (χ4v) is 2.97. The standard InChI is InChI=1S/C17H15BrFNO/c1-11-4-7-16-12(9-11)3-2-8-20(16)17(21)13-5-6-14(18)15(19)10-13/h4-7,9-10H,2-3,8H2,1H3. The lowest BCUT2D eigenvalue weighted by molar-refractivity contribution is 0.0984. The molecule has 0 fully saturated rings. The highest BCUT2D eigenvalue weighted by atomic mass is 79.9. The van der Waals surface area contributed by atoms with E-state index in [-0.39, 0.29) is 5.91 Å². The van der Waals surface area contributed by atoms with E-state index in [0.29, 0.717) is 16.6 Å². The fraction of sp³-hybridized carbons (Fsp3) is 0.235. The number of benzene rings is 2. The maximum Gasteiger partial charge on any atom is 0.258 e. The molecular formula is C17H15BrFNO. The van der Waals surface area contributed by atoms with E-state index in [1.807, 2.05) is 19.1 Å². The topological polar surface area (TPSA) is 20.3 Å². The molecule has 0 saturated heterocycles. The van der Waals surface area contributed by atoms with Crippen molar-refractivity contribution in [3.8, 4) is 0 Å². The predicted molar refractivity (Wildman–Crippen MR) is 85.3 cm³/mol. The molecular weight excluding hydrogens is 333 g/mol. The van der Waals surface area contributed by atoms with Crippen LogP contribution in [0.3, 0.4) is 0 Å². The van der Waals surface area contributed by atoms with Gasteiger partial charge in [0.05, 0.1) is 4.47 Å². The zero-order valence-corrected chi connectivity index (χ0v) is 13.3. The molecule has 1 heterocycles. The number of carbonyl (C=O) groups excluding carboxylic acids is 1. The van der Waals surface area contributed by atoms with Crippen LogP contribution in [0.2, 0.25) is 0 Å². The number of hydrogen-bond donors (Lipinski definition) is 0. The molecule has 4 heteroatoms. The molecule has 2 aromatic rings. The van der Waals surface area contributed by atoms with E-state index in [2.05, 4.69) is 22.0 Å². The summed E-state index contributed by atoms with van der Waals surface area (Å²) in [4.78, 5) is 14.4. The highest BCUT2D eigenvalue weighted by molar-refractivity contribution is 9.10. The summed E-state index contributed by atoms with van der Waals surface area (Å²) in [5.41, 5.74) is 3.70. The first-order chi connectivity index (χ1) is 10.1. The van der Waals surface area contributed by atoms with Gasteiger partial charge < -0.3 is 4.90 Å². The van der Waals surface area contributed by atoms with Crippen LogP contribution in [0.5, 0.6) is 0 Å². The van der Waals surface area contributed by atoms with Gasteiger partial charge in [0.1, 0.15) is 5.82 Å². The fourth-order valence-electron chi connectivity index (χ4n) is 2.72. The molecule has 0 spiro atoms. The summed E-state index contributed by atoms with van der Waals surface area (Å²) >= 11 is 3.11. The number of carbonyl (C=O) groups is 1. The van der Waals surface area contributed by atoms with Crippen molar-refractivity contribution in [2.75, 3.05) is 11.4 Å². The van der Waals surface area contributed by atoms with Crippen molar-refractivity contribution in [1.29, 1.82) is 0 Å². The molecule has 3 rings (SSSR count). The van der Waals surface area contributed by atoms with E-state index in [1.54, 1.807) is 17.0 Å². The molecule has 1 aliphatic rings. The molecule has 1 aliphatic heterocycles. The minimum Gasteiger partial charge on any atom is -0.308 e. The third kappa shape index (κ3) is 2.72. The molecule has 2 aromatic carbocycles. The van der Waals surface area contributed by atoms with Crippen LogP contribution in [-0.4, -0.2) is 12.5 Å². The van der Waals surface area contributed by atoms with E-state index in [9.17, 15) is 9.18 Å². The second-order valence-corrected chi connectivity index (χ2v) is 6.18. The quantitative estimate of drug-likeness (QED) is 0.744. The molecule has 21 heavy (non-hydrogen) atoms. The molecule has 0 aromatic heterocycles. The Hall–Kier alpha value is -1.68. The maximum atomic E-state index is 13.6. The van der Waals surface area contributed by atoms with Gasteiger partial charge in [-0.2, -0.15) is 0 Å². The van der Waals surface area contributed by atoms with Gasteiger partial charge in [-0.15, -0.1) is 0 Å². The number of halogens is 2. The van der Waals surface area contributed by atoms with E-state index >= 15 is 0 Å². The Balaban J connectivity index is 1.98. The summed E-state index contributed by atoms with van der Waals surface area (Å²) in [6.07, 6.45) is 1.91. The van der Waals surface area contributed by atoms with Crippen LogP contribution >= 0.6 is 15.9 Å². The van der Waals surface area contributed by atoms with Crippen LogP contribution in [0.15, 0.2) is 40.9 Å². The van der Waals surface area contributed by atoms with Gasteiger partial charge in [0, 0.05) is 17.8 Å². The average molecular weight is 348 g/mol. The number of amides is 1. The van der Waals surface area contributed by atoms with Crippen LogP contribution in [0, 0.1) is 12.7 Å². The van der Waals surface area contributed by atoms with Gasteiger partial charge in [0.25, 0.3) is 5.91 Å². The van der Waals surface area contributed by atoms with Crippen LogP contribution in [0.4, 0.5) is 10.1 Å². The Morgan fingerprint density at radius 2 is 2.05 bits per heavy atom. The monoisotopic (exact) mass is 347 g/mol. The Bertz CT molecular complexity index is 714.